The first-order valence-electron chi connectivity index (χ1n) is 17.3. The average molecular weight is 696 g/mol. The van der Waals surface area contributed by atoms with Crippen molar-refractivity contribution >= 4 is 39.0 Å². The van der Waals surface area contributed by atoms with Crippen LogP contribution in [0.4, 0.5) is 0 Å². The summed E-state index contributed by atoms with van der Waals surface area (Å²) in [4.78, 5) is 27.7. The zero-order chi connectivity index (χ0) is 37.8. The summed E-state index contributed by atoms with van der Waals surface area (Å²) >= 11 is 0. The Bertz CT molecular complexity index is 2350. The molecule has 0 unspecified atom stereocenters. The van der Waals surface area contributed by atoms with Crippen LogP contribution >= 0.6 is 0 Å². The van der Waals surface area contributed by atoms with E-state index < -0.39 is 0 Å². The molecule has 0 atom stereocenters. The first-order valence-corrected chi connectivity index (χ1v) is 17.3. The van der Waals surface area contributed by atoms with Crippen molar-refractivity contribution < 1.29 is 0 Å². The average Bonchev–Trinajstić information content (AvgIpc) is 3.22. The Morgan fingerprint density at radius 2 is 0.868 bits per heavy atom. The molecular formula is C46H45N7. The minimum absolute atomic E-state index is 1.02. The number of rotatable bonds is 4. The lowest BCUT2D eigenvalue weighted by molar-refractivity contribution is 1.13. The van der Waals surface area contributed by atoms with Crippen molar-refractivity contribution in [1.82, 2.24) is 29.9 Å². The third kappa shape index (κ3) is 10.4. The monoisotopic (exact) mass is 695 g/mol. The number of aromatic nitrogens is 6. The summed E-state index contributed by atoms with van der Waals surface area (Å²) < 4.78 is 0. The molecule has 53 heavy (non-hydrogen) atoms. The molecule has 8 aromatic rings. The summed E-state index contributed by atoms with van der Waals surface area (Å²) in [7, 11) is 0. The lowest BCUT2D eigenvalue weighted by Gasteiger charge is -2.16. The Morgan fingerprint density at radius 3 is 1.25 bits per heavy atom. The summed E-state index contributed by atoms with van der Waals surface area (Å²) in [5, 5.41) is 7.56. The van der Waals surface area contributed by atoms with Crippen molar-refractivity contribution in [2.24, 2.45) is 4.99 Å². The molecule has 7 nitrogen and oxygen atoms in total. The fourth-order valence-corrected chi connectivity index (χ4v) is 5.51. The fraction of sp³-hybridized carbons (Fsp3) is 0.109. The zero-order valence-corrected chi connectivity index (χ0v) is 31.1. The van der Waals surface area contributed by atoms with Gasteiger partial charge in [-0.1, -0.05) is 97.1 Å². The van der Waals surface area contributed by atoms with Crippen LogP contribution in [0.15, 0.2) is 171 Å². The van der Waals surface area contributed by atoms with E-state index in [1.54, 1.807) is 37.3 Å². The molecule has 0 N–H and O–H groups in total. The second kappa shape index (κ2) is 20.8. The highest BCUT2D eigenvalue weighted by atomic mass is 14.8. The van der Waals surface area contributed by atoms with Crippen molar-refractivity contribution in [3.05, 3.63) is 172 Å². The standard InChI is InChI=1S/C30H18N4.C5H6N2.C4H7N.C4H8.C3H6/c1-3-20(4-2-19(1)23-13-31-17-32-14-23)25-9-5-21-8-12-28-26(24-15-33-18-34-16-24)10-6-22-7-11-27(25)29(21)30(22)28;1-5-2-6-4-7-3-5;1-3-4-5-2;1-3-4-2;1-3-2/h1-18H;2-4H,1H3;3-4H,2H2,1H3;3-4H,1-2H3;3H,1H2,2H3/b;;2*4-3-;. The molecule has 0 saturated carbocycles. The van der Waals surface area contributed by atoms with E-state index in [1.165, 1.54) is 49.8 Å². The first kappa shape index (κ1) is 39.1. The number of allylic oxidation sites excluding steroid dienone is 4. The molecule has 8 rings (SSSR count). The molecule has 0 radical (unpaired) electrons. The molecule has 0 saturated heterocycles. The van der Waals surface area contributed by atoms with Crippen LogP contribution in [0.2, 0.25) is 0 Å². The van der Waals surface area contributed by atoms with E-state index in [0.717, 1.165) is 27.8 Å². The van der Waals surface area contributed by atoms with Gasteiger partial charge in [-0.3, -0.25) is 4.99 Å². The van der Waals surface area contributed by atoms with Crippen LogP contribution in [0.5, 0.6) is 0 Å². The van der Waals surface area contributed by atoms with E-state index in [-0.39, 0.29) is 0 Å². The quantitative estimate of drug-likeness (QED) is 0.103. The van der Waals surface area contributed by atoms with Gasteiger partial charge in [0.25, 0.3) is 0 Å². The molecule has 0 spiro atoms. The maximum Gasteiger partial charge on any atom is 0.115 e. The van der Waals surface area contributed by atoms with Gasteiger partial charge in [0.05, 0.1) is 0 Å². The third-order valence-electron chi connectivity index (χ3n) is 7.90. The summed E-state index contributed by atoms with van der Waals surface area (Å²) in [6.45, 7) is 16.3. The third-order valence-corrected chi connectivity index (χ3v) is 7.90. The SMILES string of the molecule is C/C=C\C.C=CC.C=N/C=C\C.Cc1cncnc1.c1ncc(-c2ccc(-c3ccc4ccc5c(-c6cncnc6)ccc6ccc3c4c65)cc2)cn1. The Kier molecular flexibility index (Phi) is 15.3. The number of aliphatic imine (C=N–C) groups is 1. The van der Waals surface area contributed by atoms with Gasteiger partial charge in [-0.2, -0.15) is 0 Å². The van der Waals surface area contributed by atoms with E-state index >= 15 is 0 Å². The predicted molar refractivity (Wildman–Crippen MR) is 225 cm³/mol. The molecule has 0 aliphatic rings. The molecule has 0 amide bonds. The molecule has 0 aliphatic heterocycles. The highest BCUT2D eigenvalue weighted by Crippen LogP contribution is 2.42. The predicted octanol–water partition coefficient (Wildman–Crippen LogP) is 11.9. The highest BCUT2D eigenvalue weighted by Gasteiger charge is 2.15. The topological polar surface area (TPSA) is 89.7 Å². The Labute approximate surface area is 312 Å². The number of hydrogen-bond acceptors (Lipinski definition) is 7. The van der Waals surface area contributed by atoms with Crippen LogP contribution in [0.25, 0.3) is 65.7 Å². The Morgan fingerprint density at radius 1 is 0.472 bits per heavy atom. The molecule has 3 heterocycles. The first-order chi connectivity index (χ1) is 26.0. The fourth-order valence-electron chi connectivity index (χ4n) is 5.51. The number of hydrogen-bond donors (Lipinski definition) is 0. The van der Waals surface area contributed by atoms with Gasteiger partial charge in [0, 0.05) is 54.5 Å². The summed E-state index contributed by atoms with van der Waals surface area (Å²) in [6, 6.07) is 26.4. The molecule has 264 valence electrons. The van der Waals surface area contributed by atoms with Gasteiger partial charge in [0.2, 0.25) is 0 Å². The zero-order valence-electron chi connectivity index (χ0n) is 31.1. The van der Waals surface area contributed by atoms with Gasteiger partial charge in [0.1, 0.15) is 19.0 Å². The maximum atomic E-state index is 4.23. The lowest BCUT2D eigenvalue weighted by Crippen LogP contribution is -1.90. The van der Waals surface area contributed by atoms with Crippen LogP contribution in [-0.2, 0) is 0 Å². The molecule has 0 bridgehead atoms. The number of nitrogens with zero attached hydrogens (tertiary/aromatic N) is 7. The minimum atomic E-state index is 1.02. The van der Waals surface area contributed by atoms with Gasteiger partial charge >= 0.3 is 0 Å². The van der Waals surface area contributed by atoms with Gasteiger partial charge in [-0.25, -0.2) is 29.9 Å². The number of aryl methyl sites for hydroxylation is 1. The highest BCUT2D eigenvalue weighted by molar-refractivity contribution is 6.27. The summed E-state index contributed by atoms with van der Waals surface area (Å²) in [5.74, 6) is 0. The van der Waals surface area contributed by atoms with Crippen molar-refractivity contribution in [1.29, 1.82) is 0 Å². The second-order valence-electron chi connectivity index (χ2n) is 11.6. The van der Waals surface area contributed by atoms with Crippen LogP contribution in [-0.4, -0.2) is 36.6 Å². The van der Waals surface area contributed by atoms with Crippen LogP contribution in [0.1, 0.15) is 33.3 Å². The molecule has 5 aromatic carbocycles. The van der Waals surface area contributed by atoms with E-state index in [1.807, 2.05) is 77.6 Å². The van der Waals surface area contributed by atoms with Crippen molar-refractivity contribution in [2.45, 2.75) is 34.6 Å². The van der Waals surface area contributed by atoms with Crippen LogP contribution < -0.4 is 0 Å². The van der Waals surface area contributed by atoms with Gasteiger partial charge < -0.3 is 0 Å². The second-order valence-corrected chi connectivity index (χ2v) is 11.6. The van der Waals surface area contributed by atoms with Crippen LogP contribution in [0, 0.1) is 6.92 Å². The van der Waals surface area contributed by atoms with Gasteiger partial charge in [-0.05, 0) is 101 Å². The molecule has 0 aliphatic carbocycles. The van der Waals surface area contributed by atoms with Gasteiger partial charge in [0.15, 0.2) is 0 Å². The van der Waals surface area contributed by atoms with Gasteiger partial charge in [-0.15, -0.1) is 6.58 Å². The summed E-state index contributed by atoms with van der Waals surface area (Å²) in [5.41, 5.74) is 7.83. The van der Waals surface area contributed by atoms with Crippen molar-refractivity contribution in [2.75, 3.05) is 0 Å². The van der Waals surface area contributed by atoms with E-state index in [2.05, 4.69) is 121 Å². The molecule has 7 heteroatoms. The van der Waals surface area contributed by atoms with Crippen molar-refractivity contribution in [3.8, 4) is 33.4 Å². The van der Waals surface area contributed by atoms with E-state index in [4.69, 9.17) is 0 Å². The smallest absolute Gasteiger partial charge is 0.115 e. The maximum absolute atomic E-state index is 4.23. The Hall–Kier alpha value is -6.73. The van der Waals surface area contributed by atoms with E-state index in [9.17, 15) is 0 Å². The van der Waals surface area contributed by atoms with E-state index in [0.29, 0.717) is 0 Å². The Balaban J connectivity index is 0.000000274. The molecule has 0 fully saturated rings. The largest absolute Gasteiger partial charge is 0.273 e. The normalized spacial score (nSPS) is 10.4. The van der Waals surface area contributed by atoms with Crippen LogP contribution in [0.3, 0.4) is 0 Å². The molecular weight excluding hydrogens is 651 g/mol. The lowest BCUT2D eigenvalue weighted by atomic mass is 9.87. The number of benzene rings is 5. The summed E-state index contributed by atoms with van der Waals surface area (Å²) in [6.07, 6.45) is 24.8. The van der Waals surface area contributed by atoms with Crippen molar-refractivity contribution in [3.63, 3.8) is 0 Å². The molecule has 3 aromatic heterocycles. The minimum Gasteiger partial charge on any atom is -0.273 e.